The van der Waals surface area contributed by atoms with E-state index < -0.39 is 18.5 Å². The van der Waals surface area contributed by atoms with Gasteiger partial charge in [0.25, 0.3) is 0 Å². The van der Waals surface area contributed by atoms with Crippen LogP contribution in [-0.2, 0) is 0 Å². The molecule has 2 aliphatic heterocycles. The molecule has 0 aromatic rings. The summed E-state index contributed by atoms with van der Waals surface area (Å²) in [6.45, 7) is -0.437. The van der Waals surface area contributed by atoms with E-state index in [0.29, 0.717) is 0 Å². The van der Waals surface area contributed by atoms with Gasteiger partial charge in [0.2, 0.25) is 6.56 Å². The van der Waals surface area contributed by atoms with E-state index in [4.69, 9.17) is 4.52 Å². The zero-order chi connectivity index (χ0) is 14.9. The molecular formula is C8H23N4P3S5+2. The minimum Gasteiger partial charge on any atom is -0.248 e. The van der Waals surface area contributed by atoms with E-state index in [1.165, 1.54) is 18.7 Å². The van der Waals surface area contributed by atoms with Crippen molar-refractivity contribution in [1.82, 2.24) is 14.4 Å². The lowest BCUT2D eigenvalue weighted by Crippen LogP contribution is -2.32. The average molecular weight is 429 g/mol. The fraction of sp³-hybridized carbons (Fsp3) is 1.00. The highest BCUT2D eigenvalue weighted by Gasteiger charge is 2.64. The number of hydrogen-bond acceptors (Lipinski definition) is 9. The van der Waals surface area contributed by atoms with Gasteiger partial charge < -0.3 is 0 Å². The number of hydrogen-bond donors (Lipinski definition) is 2. The molecule has 1 saturated heterocycles. The van der Waals surface area contributed by atoms with Crippen LogP contribution in [0.25, 0.3) is 0 Å². The second-order valence-electron chi connectivity index (χ2n) is 4.20. The predicted molar refractivity (Wildman–Crippen MR) is 113 cm³/mol. The number of nitrogens with one attached hydrogen (secondary N) is 2. The fourth-order valence-corrected chi connectivity index (χ4v) is 39.4. The molecule has 2 heterocycles. The van der Waals surface area contributed by atoms with Crippen molar-refractivity contribution >= 4 is 75.4 Å². The maximum Gasteiger partial charge on any atom is 0.357 e. The van der Waals surface area contributed by atoms with Gasteiger partial charge in [-0.2, -0.15) is 0 Å². The van der Waals surface area contributed by atoms with Crippen molar-refractivity contribution in [1.29, 1.82) is 0 Å². The van der Waals surface area contributed by atoms with Crippen LogP contribution in [-0.4, -0.2) is 49.0 Å². The molecule has 0 bridgehead atoms. The van der Waals surface area contributed by atoms with Gasteiger partial charge in [-0.25, -0.2) is 4.67 Å². The fourth-order valence-electron chi connectivity index (χ4n) is 1.95. The van der Waals surface area contributed by atoms with Gasteiger partial charge in [-0.15, -0.1) is 0 Å². The maximum absolute atomic E-state index is 5.43. The van der Waals surface area contributed by atoms with Crippen molar-refractivity contribution in [2.75, 3.05) is 44.4 Å². The maximum atomic E-state index is 5.43. The number of nitrogens with zero attached hydrogens (tertiary/aromatic N) is 2. The Morgan fingerprint density at radius 2 is 1.80 bits per heavy atom. The first-order valence-electron chi connectivity index (χ1n) is 6.09. The largest absolute Gasteiger partial charge is 0.357 e. The monoisotopic (exact) mass is 428 g/mol. The first-order chi connectivity index (χ1) is 9.49. The molecule has 0 radical (unpaired) electrons. The minimum absolute atomic E-state index is 1.17. The molecule has 12 heteroatoms. The van der Waals surface area contributed by atoms with Gasteiger partial charge >= 0.3 is 11.9 Å². The van der Waals surface area contributed by atoms with Gasteiger partial charge in [0.1, 0.15) is 0 Å². The third kappa shape index (κ3) is 3.69. The summed E-state index contributed by atoms with van der Waals surface area (Å²) < 4.78 is 7.95. The average Bonchev–Trinajstić information content (AvgIpc) is 2.50. The second-order valence-corrected chi connectivity index (χ2v) is 27.1. The molecule has 4 nitrogen and oxygen atoms in total. The van der Waals surface area contributed by atoms with E-state index >= 15 is 0 Å². The SMILES string of the molecule is CS[P+]1(SC)N=P2(N[P+](SC)(SC)N1)SCCCN2C. The van der Waals surface area contributed by atoms with Crippen LogP contribution in [0.5, 0.6) is 0 Å². The molecule has 0 saturated carbocycles. The van der Waals surface area contributed by atoms with Crippen LogP contribution in [0.3, 0.4) is 0 Å². The smallest absolute Gasteiger partial charge is 0.248 e. The van der Waals surface area contributed by atoms with Crippen LogP contribution in [0.4, 0.5) is 0 Å². The zero-order valence-corrected chi connectivity index (χ0v) is 19.2. The van der Waals surface area contributed by atoms with Gasteiger partial charge in [0.05, 0.1) is 45.5 Å². The van der Waals surface area contributed by atoms with Crippen LogP contribution >= 0.6 is 75.4 Å². The van der Waals surface area contributed by atoms with E-state index in [1.807, 2.05) is 45.5 Å². The standard InChI is InChI=1S/C8H23N4P3S5/c1-12-7-6-8-20-13(12)9-14(16-2,17-3)11-15(10-13,18-4)19-5/h9,11H,6-8H2,1-5H3/q+2. The summed E-state index contributed by atoms with van der Waals surface area (Å²) in [5.74, 6) is -1.74. The van der Waals surface area contributed by atoms with Crippen LogP contribution in [0, 0.1) is 0 Å². The van der Waals surface area contributed by atoms with Gasteiger partial charge in [-0.05, 0) is 13.5 Å². The number of rotatable bonds is 4. The van der Waals surface area contributed by atoms with Gasteiger partial charge in [-0.1, -0.05) is 20.8 Å². The lowest BCUT2D eigenvalue weighted by atomic mass is 10.5. The second kappa shape index (κ2) is 7.74. The summed E-state index contributed by atoms with van der Waals surface area (Å²) in [6.07, 6.45) is 10.2. The van der Waals surface area contributed by atoms with Gasteiger partial charge in [0, 0.05) is 42.2 Å². The molecule has 0 aliphatic carbocycles. The lowest BCUT2D eigenvalue weighted by Gasteiger charge is -2.41. The van der Waals surface area contributed by atoms with Crippen molar-refractivity contribution in [3.05, 3.63) is 0 Å². The predicted octanol–water partition coefficient (Wildman–Crippen LogP) is 6.00. The molecule has 0 aromatic heterocycles. The topological polar surface area (TPSA) is 39.7 Å². The van der Waals surface area contributed by atoms with Gasteiger partial charge in [-0.3, -0.25) is 0 Å². The molecule has 1 atom stereocenters. The van der Waals surface area contributed by atoms with Crippen molar-refractivity contribution in [3.63, 3.8) is 0 Å². The van der Waals surface area contributed by atoms with E-state index in [2.05, 4.69) is 57.8 Å². The Morgan fingerprint density at radius 1 is 1.15 bits per heavy atom. The van der Waals surface area contributed by atoms with Gasteiger partial charge in [0.15, 0.2) is 0 Å². The quantitative estimate of drug-likeness (QED) is 0.528. The zero-order valence-electron chi connectivity index (χ0n) is 12.4. The summed E-state index contributed by atoms with van der Waals surface area (Å²) >= 11 is 9.92. The van der Waals surface area contributed by atoms with E-state index in [0.717, 1.165) is 0 Å². The molecule has 1 spiro atoms. The highest BCUT2D eigenvalue weighted by molar-refractivity contribution is 9.01. The third-order valence-electron chi connectivity index (χ3n) is 3.13. The lowest BCUT2D eigenvalue weighted by molar-refractivity contribution is 0.538. The Bertz CT molecular complexity index is 404. The molecule has 118 valence electrons. The van der Waals surface area contributed by atoms with Crippen molar-refractivity contribution in [2.45, 2.75) is 6.42 Å². The summed E-state index contributed by atoms with van der Waals surface area (Å²) in [4.78, 5) is 7.97. The summed E-state index contributed by atoms with van der Waals surface area (Å²) in [6, 6.07) is 0. The van der Waals surface area contributed by atoms with Crippen molar-refractivity contribution < 1.29 is 0 Å². The molecule has 2 aliphatic rings. The normalized spacial score (nSPS) is 33.0. The molecule has 20 heavy (non-hydrogen) atoms. The Balaban J connectivity index is 2.50. The van der Waals surface area contributed by atoms with Crippen LogP contribution in [0.2, 0.25) is 0 Å². The highest BCUT2D eigenvalue weighted by atomic mass is 33.1. The summed E-state index contributed by atoms with van der Waals surface area (Å²) in [5, 5.41) is 0. The highest BCUT2D eigenvalue weighted by Crippen LogP contribution is 2.95. The Hall–Kier alpha value is 2.72. The van der Waals surface area contributed by atoms with E-state index in [-0.39, 0.29) is 0 Å². The Morgan fingerprint density at radius 3 is 2.30 bits per heavy atom. The molecule has 0 aromatic carbocycles. The van der Waals surface area contributed by atoms with Crippen LogP contribution < -0.4 is 9.72 Å². The Labute approximate surface area is 144 Å². The first-order valence-corrected chi connectivity index (χ1v) is 20.2. The van der Waals surface area contributed by atoms with Crippen LogP contribution in [0.1, 0.15) is 6.42 Å². The minimum atomic E-state index is -1.61. The van der Waals surface area contributed by atoms with Crippen molar-refractivity contribution in [2.24, 2.45) is 4.52 Å². The molecule has 2 N–H and O–H groups in total. The third-order valence-corrected chi connectivity index (χ3v) is 34.2. The van der Waals surface area contributed by atoms with Crippen molar-refractivity contribution in [3.8, 4) is 0 Å². The molecule has 1 fully saturated rings. The van der Waals surface area contributed by atoms with Crippen LogP contribution in [0.15, 0.2) is 4.52 Å². The molecule has 2 rings (SSSR count). The summed E-state index contributed by atoms with van der Waals surface area (Å²) in [7, 11) is 2.26. The molecule has 0 amide bonds. The summed E-state index contributed by atoms with van der Waals surface area (Å²) in [5.41, 5.74) is 0. The Kier molecular flexibility index (Phi) is 7.37. The molecule has 1 unspecified atom stereocenters. The molecular weight excluding hydrogens is 405 g/mol. The van der Waals surface area contributed by atoms with E-state index in [1.54, 1.807) is 0 Å². The van der Waals surface area contributed by atoms with E-state index in [9.17, 15) is 0 Å². The first kappa shape index (κ1) is 19.1.